The fourth-order valence-corrected chi connectivity index (χ4v) is 3.86. The Morgan fingerprint density at radius 3 is 2.40 bits per heavy atom. The van der Waals surface area contributed by atoms with Crippen LogP contribution in [0.3, 0.4) is 0 Å². The Hall–Kier alpha value is -4.17. The van der Waals surface area contributed by atoms with Gasteiger partial charge in [0.1, 0.15) is 5.75 Å². The molecule has 0 fully saturated rings. The van der Waals surface area contributed by atoms with E-state index in [0.29, 0.717) is 22.6 Å². The van der Waals surface area contributed by atoms with Crippen LogP contribution in [0.5, 0.6) is 17.2 Å². The zero-order valence-electron chi connectivity index (χ0n) is 18.9. The zero-order valence-corrected chi connectivity index (χ0v) is 20.5. The number of hydrazone groups is 1. The van der Waals surface area contributed by atoms with Crippen LogP contribution in [0, 0.1) is 0 Å². The third kappa shape index (κ3) is 5.50. The normalized spacial score (nSPS) is 10.8. The predicted molar refractivity (Wildman–Crippen MR) is 138 cm³/mol. The van der Waals surface area contributed by atoms with Crippen molar-refractivity contribution in [3.8, 4) is 17.2 Å². The third-order valence-electron chi connectivity index (χ3n) is 5.20. The van der Waals surface area contributed by atoms with Crippen molar-refractivity contribution in [2.45, 2.75) is 0 Å². The number of benzene rings is 4. The summed E-state index contributed by atoms with van der Waals surface area (Å²) in [7, 11) is 3.01. The number of carbonyl (C=O) groups excluding carboxylic acids is 2. The maximum atomic E-state index is 12.8. The molecule has 35 heavy (non-hydrogen) atoms. The zero-order chi connectivity index (χ0) is 24.8. The van der Waals surface area contributed by atoms with Gasteiger partial charge in [0, 0.05) is 15.6 Å². The average Bonchev–Trinajstić information content (AvgIpc) is 2.89. The molecule has 176 valence electrons. The van der Waals surface area contributed by atoms with Gasteiger partial charge in [-0.25, -0.2) is 10.2 Å². The molecule has 0 heterocycles. The summed E-state index contributed by atoms with van der Waals surface area (Å²) in [6.45, 7) is 0. The van der Waals surface area contributed by atoms with Crippen molar-refractivity contribution < 1.29 is 23.8 Å². The lowest BCUT2D eigenvalue weighted by Gasteiger charge is -2.11. The summed E-state index contributed by atoms with van der Waals surface area (Å²) in [5.41, 5.74) is 3.83. The van der Waals surface area contributed by atoms with Gasteiger partial charge in [-0.1, -0.05) is 52.3 Å². The van der Waals surface area contributed by atoms with E-state index in [4.69, 9.17) is 14.2 Å². The Morgan fingerprint density at radius 2 is 1.60 bits per heavy atom. The number of nitrogens with zero attached hydrogens (tertiary/aromatic N) is 1. The highest BCUT2D eigenvalue weighted by Crippen LogP contribution is 2.29. The van der Waals surface area contributed by atoms with Gasteiger partial charge in [-0.3, -0.25) is 4.79 Å². The summed E-state index contributed by atoms with van der Waals surface area (Å²) in [6.07, 6.45) is 1.42. The van der Waals surface area contributed by atoms with E-state index < -0.39 is 5.97 Å². The minimum absolute atomic E-state index is 0.274. The minimum atomic E-state index is -0.581. The van der Waals surface area contributed by atoms with Crippen LogP contribution in [0.15, 0.2) is 88.4 Å². The minimum Gasteiger partial charge on any atom is -0.493 e. The van der Waals surface area contributed by atoms with Gasteiger partial charge in [0.25, 0.3) is 5.91 Å². The topological polar surface area (TPSA) is 86.2 Å². The van der Waals surface area contributed by atoms with E-state index in [1.165, 1.54) is 26.5 Å². The first kappa shape index (κ1) is 24.0. The molecular formula is C27H21BrN2O5. The maximum Gasteiger partial charge on any atom is 0.343 e. The summed E-state index contributed by atoms with van der Waals surface area (Å²) >= 11 is 3.41. The van der Waals surface area contributed by atoms with Crippen molar-refractivity contribution in [3.05, 3.63) is 100 Å². The highest BCUT2D eigenvalue weighted by Gasteiger charge is 2.15. The number of halogens is 1. The number of hydrogen-bond acceptors (Lipinski definition) is 6. The second kappa shape index (κ2) is 10.8. The first-order chi connectivity index (χ1) is 17.0. The number of ether oxygens (including phenoxy) is 3. The van der Waals surface area contributed by atoms with Gasteiger partial charge < -0.3 is 14.2 Å². The van der Waals surface area contributed by atoms with E-state index in [0.717, 1.165) is 15.2 Å². The molecule has 0 saturated carbocycles. The third-order valence-corrected chi connectivity index (χ3v) is 5.69. The van der Waals surface area contributed by atoms with E-state index in [1.807, 2.05) is 36.4 Å². The summed E-state index contributed by atoms with van der Waals surface area (Å²) in [4.78, 5) is 25.5. The van der Waals surface area contributed by atoms with Crippen molar-refractivity contribution >= 4 is 44.8 Å². The van der Waals surface area contributed by atoms with Crippen LogP contribution in [-0.4, -0.2) is 32.3 Å². The number of esters is 1. The Labute approximate surface area is 210 Å². The molecule has 0 aromatic heterocycles. The number of rotatable bonds is 7. The molecule has 4 aromatic rings. The van der Waals surface area contributed by atoms with Crippen molar-refractivity contribution in [1.29, 1.82) is 0 Å². The average molecular weight is 533 g/mol. The van der Waals surface area contributed by atoms with Gasteiger partial charge in [0.15, 0.2) is 11.5 Å². The number of hydrogen-bond donors (Lipinski definition) is 1. The second-order valence-corrected chi connectivity index (χ2v) is 8.28. The molecule has 0 unspecified atom stereocenters. The van der Waals surface area contributed by atoms with Crippen LogP contribution in [-0.2, 0) is 0 Å². The Kier molecular flexibility index (Phi) is 7.42. The Balaban J connectivity index is 1.53. The van der Waals surface area contributed by atoms with Crippen molar-refractivity contribution in [1.82, 2.24) is 5.43 Å². The highest BCUT2D eigenvalue weighted by atomic mass is 79.9. The molecule has 7 nitrogen and oxygen atoms in total. The van der Waals surface area contributed by atoms with Crippen molar-refractivity contribution in [2.75, 3.05) is 14.2 Å². The number of methoxy groups -OCH3 is 2. The van der Waals surface area contributed by atoms with Crippen LogP contribution in [0.2, 0.25) is 0 Å². The molecule has 0 bridgehead atoms. The highest BCUT2D eigenvalue weighted by molar-refractivity contribution is 9.10. The van der Waals surface area contributed by atoms with E-state index in [9.17, 15) is 9.59 Å². The molecule has 0 radical (unpaired) electrons. The second-order valence-electron chi connectivity index (χ2n) is 7.37. The largest absolute Gasteiger partial charge is 0.493 e. The van der Waals surface area contributed by atoms with Crippen LogP contribution in [0.25, 0.3) is 10.8 Å². The fourth-order valence-electron chi connectivity index (χ4n) is 3.48. The van der Waals surface area contributed by atoms with Gasteiger partial charge in [-0.05, 0) is 53.2 Å². The van der Waals surface area contributed by atoms with Gasteiger partial charge in [-0.2, -0.15) is 5.10 Å². The summed E-state index contributed by atoms with van der Waals surface area (Å²) in [5.74, 6) is 0.258. The predicted octanol–water partition coefficient (Wildman–Crippen LogP) is 5.60. The molecule has 0 atom stereocenters. The first-order valence-electron chi connectivity index (χ1n) is 10.5. The standard InChI is InChI=1S/C27H21BrN2O5/c1-33-24-12-10-18(15-25(24)34-2)27(32)35-23-13-11-20(28)14-19(23)16-29-30-26(31)22-9-5-7-17-6-3-4-8-21(17)22/h3-16H,1-2H3,(H,30,31)/b29-16-. The summed E-state index contributed by atoms with van der Waals surface area (Å²) < 4.78 is 16.8. The van der Waals surface area contributed by atoms with Crippen LogP contribution < -0.4 is 19.6 Å². The van der Waals surface area contributed by atoms with Crippen LogP contribution in [0.1, 0.15) is 26.3 Å². The quantitative estimate of drug-likeness (QED) is 0.145. The molecule has 0 aliphatic heterocycles. The van der Waals surface area contributed by atoms with Crippen molar-refractivity contribution in [3.63, 3.8) is 0 Å². The Bertz CT molecular complexity index is 1430. The molecule has 0 aliphatic rings. The number of fused-ring (bicyclic) bond motifs is 1. The summed E-state index contributed by atoms with van der Waals surface area (Å²) in [5, 5.41) is 5.87. The lowest BCUT2D eigenvalue weighted by atomic mass is 10.0. The molecular weight excluding hydrogens is 512 g/mol. The monoisotopic (exact) mass is 532 g/mol. The van der Waals surface area contributed by atoms with Gasteiger partial charge in [0.05, 0.1) is 26.0 Å². The van der Waals surface area contributed by atoms with Gasteiger partial charge in [0.2, 0.25) is 0 Å². The van der Waals surface area contributed by atoms with E-state index >= 15 is 0 Å². The summed E-state index contributed by atoms with van der Waals surface area (Å²) in [6, 6.07) is 23.0. The number of carbonyl (C=O) groups is 2. The molecule has 4 aromatic carbocycles. The van der Waals surface area contributed by atoms with Gasteiger partial charge in [-0.15, -0.1) is 0 Å². The first-order valence-corrected chi connectivity index (χ1v) is 11.3. The molecule has 1 N–H and O–H groups in total. The number of nitrogens with one attached hydrogen (secondary N) is 1. The lowest BCUT2D eigenvalue weighted by molar-refractivity contribution is 0.0733. The Morgan fingerprint density at radius 1 is 0.857 bits per heavy atom. The SMILES string of the molecule is COc1ccc(C(=O)Oc2ccc(Br)cc2/C=N\NC(=O)c2cccc3ccccc23)cc1OC. The fraction of sp³-hybridized carbons (Fsp3) is 0.0741. The van der Waals surface area contributed by atoms with Crippen LogP contribution >= 0.6 is 15.9 Å². The molecule has 0 aliphatic carbocycles. The molecule has 0 spiro atoms. The maximum absolute atomic E-state index is 12.8. The van der Waals surface area contributed by atoms with Crippen molar-refractivity contribution in [2.24, 2.45) is 5.10 Å². The molecule has 0 saturated heterocycles. The van der Waals surface area contributed by atoms with Crippen LogP contribution in [0.4, 0.5) is 0 Å². The van der Waals surface area contributed by atoms with Gasteiger partial charge >= 0.3 is 5.97 Å². The smallest absolute Gasteiger partial charge is 0.343 e. The number of amides is 1. The van der Waals surface area contributed by atoms with E-state index in [1.54, 1.807) is 36.4 Å². The van der Waals surface area contributed by atoms with E-state index in [-0.39, 0.29) is 17.2 Å². The lowest BCUT2D eigenvalue weighted by Crippen LogP contribution is -2.18. The molecule has 4 rings (SSSR count). The molecule has 1 amide bonds. The molecule has 8 heteroatoms. The van der Waals surface area contributed by atoms with E-state index in [2.05, 4.69) is 26.5 Å².